The van der Waals surface area contributed by atoms with Crippen LogP contribution in [0.1, 0.15) is 60.6 Å². The molecule has 0 bridgehead atoms. The van der Waals surface area contributed by atoms with Crippen LogP contribution in [-0.4, -0.2) is 50.3 Å². The molecule has 0 spiro atoms. The third kappa shape index (κ3) is 5.44. The second kappa shape index (κ2) is 11.8. The molecule has 1 atom stereocenters. The molecular formula is C28H34ClN5O4. The van der Waals surface area contributed by atoms with Gasteiger partial charge in [0.15, 0.2) is 0 Å². The predicted molar refractivity (Wildman–Crippen MR) is 150 cm³/mol. The number of hydrogen-bond donors (Lipinski definition) is 4. The van der Waals surface area contributed by atoms with Crippen molar-refractivity contribution in [3.05, 3.63) is 59.3 Å². The number of amides is 2. The van der Waals surface area contributed by atoms with Crippen LogP contribution in [0, 0.1) is 12.3 Å². The highest BCUT2D eigenvalue weighted by atomic mass is 35.5. The summed E-state index contributed by atoms with van der Waals surface area (Å²) < 4.78 is 1.49. The Labute approximate surface area is 227 Å². The zero-order valence-corrected chi connectivity index (χ0v) is 22.4. The van der Waals surface area contributed by atoms with Crippen molar-refractivity contribution in [3.63, 3.8) is 0 Å². The first-order valence-electron chi connectivity index (χ1n) is 12.5. The van der Waals surface area contributed by atoms with Crippen molar-refractivity contribution in [1.82, 2.24) is 9.47 Å². The van der Waals surface area contributed by atoms with Gasteiger partial charge in [-0.25, -0.2) is 0 Å². The van der Waals surface area contributed by atoms with Crippen molar-refractivity contribution in [2.75, 3.05) is 0 Å². The number of hydrogen-bond acceptors (Lipinski definition) is 5. The largest absolute Gasteiger partial charge is 0.480 e. The summed E-state index contributed by atoms with van der Waals surface area (Å²) in [6, 6.07) is 11.6. The fourth-order valence-corrected chi connectivity index (χ4v) is 5.36. The number of carboxylic acid groups (broad SMARTS) is 1. The van der Waals surface area contributed by atoms with Gasteiger partial charge in [-0.2, -0.15) is 0 Å². The average molecular weight is 540 g/mol. The molecule has 3 aromatic rings. The van der Waals surface area contributed by atoms with E-state index < -0.39 is 30.4 Å². The van der Waals surface area contributed by atoms with Crippen LogP contribution in [0.15, 0.2) is 42.5 Å². The molecular weight excluding hydrogens is 506 g/mol. The van der Waals surface area contributed by atoms with E-state index >= 15 is 0 Å². The number of nitrogen functional groups attached to an aromatic ring is 1. The molecule has 0 aliphatic heterocycles. The number of benzene rings is 2. The van der Waals surface area contributed by atoms with Gasteiger partial charge < -0.3 is 21.1 Å². The quantitative estimate of drug-likeness (QED) is 0.262. The van der Waals surface area contributed by atoms with Gasteiger partial charge in [0.1, 0.15) is 18.1 Å². The molecule has 0 unspecified atom stereocenters. The van der Waals surface area contributed by atoms with Crippen LogP contribution in [-0.2, 0) is 16.1 Å². The maximum absolute atomic E-state index is 14.1. The van der Waals surface area contributed by atoms with Crippen molar-refractivity contribution >= 4 is 46.9 Å². The molecule has 1 aliphatic carbocycles. The van der Waals surface area contributed by atoms with Crippen molar-refractivity contribution in [2.24, 2.45) is 11.5 Å². The third-order valence-corrected chi connectivity index (χ3v) is 7.12. The summed E-state index contributed by atoms with van der Waals surface area (Å²) in [5.74, 6) is -2.10. The number of rotatable bonds is 7. The summed E-state index contributed by atoms with van der Waals surface area (Å²) >= 11 is 0. The first kappa shape index (κ1) is 28.9. The number of amidine groups is 1. The number of fused-ring (bicyclic) bond motifs is 1. The second-order valence-corrected chi connectivity index (χ2v) is 9.74. The number of nitrogens with two attached hydrogens (primary N) is 2. The molecule has 2 aromatic carbocycles. The lowest BCUT2D eigenvalue weighted by Gasteiger charge is -2.34. The molecule has 10 heteroatoms. The Morgan fingerprint density at radius 1 is 1.11 bits per heavy atom. The van der Waals surface area contributed by atoms with E-state index in [4.69, 9.17) is 16.9 Å². The normalized spacial score (nSPS) is 14.5. The summed E-state index contributed by atoms with van der Waals surface area (Å²) in [5.41, 5.74) is 15.2. The topological polar surface area (TPSA) is 156 Å². The van der Waals surface area contributed by atoms with E-state index in [-0.39, 0.29) is 30.0 Å². The molecule has 1 aliphatic rings. The van der Waals surface area contributed by atoms with Crippen LogP contribution in [0.4, 0.5) is 0 Å². The molecule has 1 heterocycles. The van der Waals surface area contributed by atoms with Crippen LogP contribution in [0.3, 0.4) is 0 Å². The number of nitrogens with one attached hydrogen (secondary N) is 1. The Hall–Kier alpha value is -3.69. The maximum atomic E-state index is 14.1. The van der Waals surface area contributed by atoms with Crippen LogP contribution in [0.5, 0.6) is 0 Å². The average Bonchev–Trinajstić information content (AvgIpc) is 3.15. The fourth-order valence-electron chi connectivity index (χ4n) is 5.36. The molecule has 6 N–H and O–H groups in total. The Kier molecular flexibility index (Phi) is 8.96. The van der Waals surface area contributed by atoms with Gasteiger partial charge >= 0.3 is 5.97 Å². The van der Waals surface area contributed by atoms with Crippen LogP contribution in [0.2, 0.25) is 0 Å². The summed E-state index contributed by atoms with van der Waals surface area (Å²) in [7, 11) is 0. The standard InChI is InChI=1S/C28H33N5O4.ClH/c1-16-24-21(18-11-13-19(14-12-18)26(30)31)9-6-10-22(24)32(15-23(34)35)25(16)28(37)33(27(36)17(2)29)20-7-4-3-5-8-20;/h6,9-14,17,20H,3-5,7-8,15,29H2,1-2H3,(H3,30,31)(H,34,35);1H/t17-;/m0./s1. The molecule has 9 nitrogen and oxygen atoms in total. The number of aliphatic carboxylic acids is 1. The lowest BCUT2D eigenvalue weighted by molar-refractivity contribution is -0.137. The zero-order chi connectivity index (χ0) is 26.9. The highest BCUT2D eigenvalue weighted by molar-refractivity contribution is 6.12. The van der Waals surface area contributed by atoms with Gasteiger partial charge in [-0.1, -0.05) is 55.7 Å². The number of halogens is 1. The van der Waals surface area contributed by atoms with E-state index in [1.165, 1.54) is 9.47 Å². The summed E-state index contributed by atoms with van der Waals surface area (Å²) in [5, 5.41) is 18.1. The van der Waals surface area contributed by atoms with E-state index in [1.807, 2.05) is 24.3 Å². The smallest absolute Gasteiger partial charge is 0.323 e. The number of imide groups is 1. The molecule has 1 saturated carbocycles. The molecule has 38 heavy (non-hydrogen) atoms. The second-order valence-electron chi connectivity index (χ2n) is 9.74. The number of carboxylic acids is 1. The lowest BCUT2D eigenvalue weighted by atomic mass is 9.93. The molecule has 0 saturated heterocycles. The summed E-state index contributed by atoms with van der Waals surface area (Å²) in [4.78, 5) is 40.6. The number of aromatic nitrogens is 1. The van der Waals surface area contributed by atoms with Crippen molar-refractivity contribution < 1.29 is 19.5 Å². The SMILES string of the molecule is Cc1c(C(=O)N(C(=O)[C@H](C)N)C2CCCCC2)n(CC(=O)O)c2cccc(-c3ccc(C(=N)N)cc3)c12.Cl. The Morgan fingerprint density at radius 3 is 2.29 bits per heavy atom. The third-order valence-electron chi connectivity index (χ3n) is 7.12. The van der Waals surface area contributed by atoms with Gasteiger partial charge in [-0.3, -0.25) is 24.7 Å². The number of nitrogens with zero attached hydrogens (tertiary/aromatic N) is 2. The number of aryl methyl sites for hydroxylation is 1. The first-order chi connectivity index (χ1) is 17.6. The van der Waals surface area contributed by atoms with Gasteiger partial charge in [-0.15, -0.1) is 12.4 Å². The minimum atomic E-state index is -1.09. The zero-order valence-electron chi connectivity index (χ0n) is 21.6. The van der Waals surface area contributed by atoms with Crippen molar-refractivity contribution in [2.45, 2.75) is 64.6 Å². The Bertz CT molecular complexity index is 1370. The van der Waals surface area contributed by atoms with Crippen LogP contribution >= 0.6 is 12.4 Å². The lowest BCUT2D eigenvalue weighted by Crippen LogP contribution is -2.51. The maximum Gasteiger partial charge on any atom is 0.323 e. The van der Waals surface area contributed by atoms with Gasteiger partial charge in [0.05, 0.1) is 11.6 Å². The molecule has 4 rings (SSSR count). The van der Waals surface area contributed by atoms with E-state index in [0.29, 0.717) is 29.5 Å². The molecule has 1 fully saturated rings. The molecule has 0 radical (unpaired) electrons. The molecule has 1 aromatic heterocycles. The summed E-state index contributed by atoms with van der Waals surface area (Å²) in [6.07, 6.45) is 4.29. The van der Waals surface area contributed by atoms with Crippen molar-refractivity contribution in [1.29, 1.82) is 5.41 Å². The van der Waals surface area contributed by atoms with Gasteiger partial charge in [0.25, 0.3) is 5.91 Å². The first-order valence-corrected chi connectivity index (χ1v) is 12.5. The molecule has 2 amide bonds. The van der Waals surface area contributed by atoms with E-state index in [2.05, 4.69) is 0 Å². The summed E-state index contributed by atoms with van der Waals surface area (Å²) in [6.45, 7) is 2.92. The van der Waals surface area contributed by atoms with Crippen LogP contribution < -0.4 is 11.5 Å². The van der Waals surface area contributed by atoms with Gasteiger partial charge in [-0.05, 0) is 49.4 Å². The Balaban J connectivity index is 0.00000400. The predicted octanol–water partition coefficient (Wildman–Crippen LogP) is 4.06. The van der Waals surface area contributed by atoms with E-state index in [1.54, 1.807) is 32.0 Å². The monoisotopic (exact) mass is 539 g/mol. The Morgan fingerprint density at radius 2 is 1.74 bits per heavy atom. The van der Waals surface area contributed by atoms with E-state index in [0.717, 1.165) is 35.8 Å². The van der Waals surface area contributed by atoms with Gasteiger partial charge in [0, 0.05) is 17.0 Å². The van der Waals surface area contributed by atoms with Crippen molar-refractivity contribution in [3.8, 4) is 11.1 Å². The van der Waals surface area contributed by atoms with Crippen LogP contribution in [0.25, 0.3) is 22.0 Å². The van der Waals surface area contributed by atoms with E-state index in [9.17, 15) is 19.5 Å². The minimum Gasteiger partial charge on any atom is -0.480 e. The number of carbonyl (C=O) groups excluding carboxylic acids is 2. The molecule has 202 valence electrons. The number of carbonyl (C=O) groups is 3. The minimum absolute atomic E-state index is 0. The highest BCUT2D eigenvalue weighted by Crippen LogP contribution is 2.36. The van der Waals surface area contributed by atoms with Gasteiger partial charge in [0.2, 0.25) is 5.91 Å². The highest BCUT2D eigenvalue weighted by Gasteiger charge is 2.36. The fraction of sp³-hybridized carbons (Fsp3) is 0.357.